The van der Waals surface area contributed by atoms with Crippen LogP contribution in [0.25, 0.3) is 0 Å². The van der Waals surface area contributed by atoms with Crippen molar-refractivity contribution < 1.29 is 8.78 Å². The molecule has 0 heterocycles. The second-order valence-electron chi connectivity index (χ2n) is 5.77. The van der Waals surface area contributed by atoms with Crippen molar-refractivity contribution >= 4 is 0 Å². The Hall–Kier alpha value is -1.00. The highest BCUT2D eigenvalue weighted by molar-refractivity contribution is 5.18. The molecule has 0 bridgehead atoms. The molecule has 108 valence electrons. The summed E-state index contributed by atoms with van der Waals surface area (Å²) in [4.78, 5) is 0. The van der Waals surface area contributed by atoms with Crippen molar-refractivity contribution in [3.63, 3.8) is 0 Å². The van der Waals surface area contributed by atoms with Crippen molar-refractivity contribution in [2.45, 2.75) is 39.2 Å². The van der Waals surface area contributed by atoms with Crippen LogP contribution >= 0.6 is 0 Å². The third kappa shape index (κ3) is 7.23. The highest BCUT2D eigenvalue weighted by Gasteiger charge is 2.07. The van der Waals surface area contributed by atoms with Crippen molar-refractivity contribution in [1.29, 1.82) is 0 Å². The lowest BCUT2D eigenvalue weighted by Gasteiger charge is -2.20. The zero-order valence-electron chi connectivity index (χ0n) is 12.0. The van der Waals surface area contributed by atoms with Crippen LogP contribution in [0.4, 0.5) is 8.78 Å². The molecule has 0 aromatic heterocycles. The molecule has 0 radical (unpaired) electrons. The first-order chi connectivity index (χ1) is 8.88. The van der Waals surface area contributed by atoms with Gasteiger partial charge < -0.3 is 10.6 Å². The molecule has 2 N–H and O–H groups in total. The Morgan fingerprint density at radius 2 is 1.79 bits per heavy atom. The normalized spacial score (nSPS) is 11.8. The summed E-state index contributed by atoms with van der Waals surface area (Å²) < 4.78 is 26.0. The van der Waals surface area contributed by atoms with Gasteiger partial charge in [0, 0.05) is 11.6 Å². The Morgan fingerprint density at radius 1 is 1.05 bits per heavy atom. The first kappa shape index (κ1) is 16.1. The minimum atomic E-state index is -0.525. The van der Waals surface area contributed by atoms with E-state index in [1.165, 1.54) is 12.1 Å². The summed E-state index contributed by atoms with van der Waals surface area (Å²) in [6.45, 7) is 8.97. The van der Waals surface area contributed by atoms with E-state index in [0.717, 1.165) is 25.6 Å². The van der Waals surface area contributed by atoms with E-state index in [2.05, 4.69) is 31.4 Å². The van der Waals surface area contributed by atoms with Crippen LogP contribution < -0.4 is 10.6 Å². The van der Waals surface area contributed by atoms with Gasteiger partial charge in [-0.3, -0.25) is 0 Å². The van der Waals surface area contributed by atoms with Crippen LogP contribution in [0.3, 0.4) is 0 Å². The molecular weight excluding hydrogens is 246 g/mol. The zero-order chi connectivity index (χ0) is 14.3. The second kappa shape index (κ2) is 7.56. The number of benzene rings is 1. The standard InChI is InChI=1S/C15H24F2N2/c1-15(2,3)19-9-4-8-18-10-7-12-5-6-13(16)11-14(12)17/h5-6,11,18-19H,4,7-10H2,1-3H3. The fourth-order valence-electron chi connectivity index (χ4n) is 1.75. The van der Waals surface area contributed by atoms with Gasteiger partial charge in [0.1, 0.15) is 11.6 Å². The van der Waals surface area contributed by atoms with Crippen LogP contribution in [0, 0.1) is 11.6 Å². The van der Waals surface area contributed by atoms with Gasteiger partial charge in [0.15, 0.2) is 0 Å². The van der Waals surface area contributed by atoms with Gasteiger partial charge in [-0.15, -0.1) is 0 Å². The lowest BCUT2D eigenvalue weighted by atomic mass is 10.1. The fraction of sp³-hybridized carbons (Fsp3) is 0.600. The molecule has 4 heteroatoms. The van der Waals surface area contributed by atoms with Crippen molar-refractivity contribution in [3.05, 3.63) is 35.4 Å². The lowest BCUT2D eigenvalue weighted by Crippen LogP contribution is -2.37. The lowest BCUT2D eigenvalue weighted by molar-refractivity contribution is 0.418. The molecule has 0 saturated carbocycles. The second-order valence-corrected chi connectivity index (χ2v) is 5.77. The quantitative estimate of drug-likeness (QED) is 0.744. The van der Waals surface area contributed by atoms with E-state index in [9.17, 15) is 8.78 Å². The smallest absolute Gasteiger partial charge is 0.129 e. The average molecular weight is 270 g/mol. The first-order valence-corrected chi connectivity index (χ1v) is 6.78. The zero-order valence-corrected chi connectivity index (χ0v) is 12.0. The molecule has 0 amide bonds. The van der Waals surface area contributed by atoms with Gasteiger partial charge in [-0.1, -0.05) is 6.07 Å². The van der Waals surface area contributed by atoms with Gasteiger partial charge in [0.25, 0.3) is 0 Å². The predicted molar refractivity (Wildman–Crippen MR) is 75.3 cm³/mol. The molecule has 0 atom stereocenters. The predicted octanol–water partition coefficient (Wildman–Crippen LogP) is 2.88. The van der Waals surface area contributed by atoms with Crippen LogP contribution in [0.2, 0.25) is 0 Å². The van der Waals surface area contributed by atoms with Gasteiger partial charge in [0.05, 0.1) is 0 Å². The summed E-state index contributed by atoms with van der Waals surface area (Å²) >= 11 is 0. The Balaban J connectivity index is 2.11. The molecule has 0 fully saturated rings. The molecule has 0 aliphatic heterocycles. The largest absolute Gasteiger partial charge is 0.316 e. The van der Waals surface area contributed by atoms with E-state index in [-0.39, 0.29) is 5.54 Å². The Bertz CT molecular complexity index is 386. The Morgan fingerprint density at radius 3 is 2.42 bits per heavy atom. The maximum Gasteiger partial charge on any atom is 0.129 e. The summed E-state index contributed by atoms with van der Waals surface area (Å²) in [5.74, 6) is -0.987. The van der Waals surface area contributed by atoms with Crippen molar-refractivity contribution in [3.8, 4) is 0 Å². The van der Waals surface area contributed by atoms with Crippen molar-refractivity contribution in [1.82, 2.24) is 10.6 Å². The van der Waals surface area contributed by atoms with Gasteiger partial charge in [-0.25, -0.2) is 8.78 Å². The summed E-state index contributed by atoms with van der Waals surface area (Å²) in [6, 6.07) is 3.74. The summed E-state index contributed by atoms with van der Waals surface area (Å²) in [7, 11) is 0. The Labute approximate surface area is 114 Å². The molecule has 0 aliphatic rings. The minimum absolute atomic E-state index is 0.150. The summed E-state index contributed by atoms with van der Waals surface area (Å²) in [6.07, 6.45) is 1.61. The molecule has 0 spiro atoms. The third-order valence-corrected chi connectivity index (χ3v) is 2.77. The van der Waals surface area contributed by atoms with Gasteiger partial charge in [-0.2, -0.15) is 0 Å². The van der Waals surface area contributed by atoms with Gasteiger partial charge in [-0.05, 0) is 64.9 Å². The SMILES string of the molecule is CC(C)(C)NCCCNCCc1ccc(F)cc1F. The molecule has 1 rings (SSSR count). The third-order valence-electron chi connectivity index (χ3n) is 2.77. The maximum atomic E-state index is 13.3. The number of hydrogen-bond acceptors (Lipinski definition) is 2. The molecule has 2 nitrogen and oxygen atoms in total. The highest BCUT2D eigenvalue weighted by atomic mass is 19.1. The summed E-state index contributed by atoms with van der Waals surface area (Å²) in [5, 5.41) is 6.67. The van der Waals surface area contributed by atoms with E-state index in [1.54, 1.807) is 0 Å². The van der Waals surface area contributed by atoms with Crippen molar-refractivity contribution in [2.75, 3.05) is 19.6 Å². The van der Waals surface area contributed by atoms with E-state index >= 15 is 0 Å². The molecule has 0 aliphatic carbocycles. The number of rotatable bonds is 7. The highest BCUT2D eigenvalue weighted by Crippen LogP contribution is 2.09. The molecule has 0 unspecified atom stereocenters. The van der Waals surface area contributed by atoms with E-state index in [4.69, 9.17) is 0 Å². The van der Waals surface area contributed by atoms with Crippen LogP contribution in [-0.4, -0.2) is 25.2 Å². The molecular formula is C15H24F2N2. The van der Waals surface area contributed by atoms with Gasteiger partial charge >= 0.3 is 0 Å². The number of nitrogens with one attached hydrogen (secondary N) is 2. The van der Waals surface area contributed by atoms with E-state index in [1.807, 2.05) is 0 Å². The Kier molecular flexibility index (Phi) is 6.38. The number of hydrogen-bond donors (Lipinski definition) is 2. The minimum Gasteiger partial charge on any atom is -0.316 e. The average Bonchev–Trinajstić information content (AvgIpc) is 2.29. The van der Waals surface area contributed by atoms with Crippen LogP contribution in [0.5, 0.6) is 0 Å². The molecule has 0 saturated heterocycles. The van der Waals surface area contributed by atoms with Crippen LogP contribution in [0.1, 0.15) is 32.8 Å². The summed E-state index contributed by atoms with van der Waals surface area (Å²) in [5.41, 5.74) is 0.707. The van der Waals surface area contributed by atoms with Crippen molar-refractivity contribution in [2.24, 2.45) is 0 Å². The maximum absolute atomic E-state index is 13.3. The number of halogens is 2. The van der Waals surface area contributed by atoms with Gasteiger partial charge in [0.2, 0.25) is 0 Å². The van der Waals surface area contributed by atoms with Crippen LogP contribution in [0.15, 0.2) is 18.2 Å². The topological polar surface area (TPSA) is 24.1 Å². The van der Waals surface area contributed by atoms with Crippen LogP contribution in [-0.2, 0) is 6.42 Å². The van der Waals surface area contributed by atoms with E-state index in [0.29, 0.717) is 18.5 Å². The fourth-order valence-corrected chi connectivity index (χ4v) is 1.75. The molecule has 1 aromatic rings. The monoisotopic (exact) mass is 270 g/mol. The molecule has 1 aromatic carbocycles. The first-order valence-electron chi connectivity index (χ1n) is 6.78. The molecule has 19 heavy (non-hydrogen) atoms. The van der Waals surface area contributed by atoms with E-state index < -0.39 is 11.6 Å².